The molecule has 1 aromatic heterocycles. The van der Waals surface area contributed by atoms with Gasteiger partial charge in [0.25, 0.3) is 0 Å². The summed E-state index contributed by atoms with van der Waals surface area (Å²) in [5.74, 6) is 0.462. The first-order chi connectivity index (χ1) is 12.1. The van der Waals surface area contributed by atoms with Crippen molar-refractivity contribution < 1.29 is 9.90 Å². The molecule has 1 fully saturated rings. The highest BCUT2D eigenvalue weighted by Gasteiger charge is 2.28. The molecule has 136 valence electrons. The Morgan fingerprint density at radius 2 is 2.04 bits per heavy atom. The van der Waals surface area contributed by atoms with Crippen LogP contribution in [0.4, 0.5) is 0 Å². The summed E-state index contributed by atoms with van der Waals surface area (Å²) in [6, 6.07) is 8.12. The molecule has 0 aliphatic carbocycles. The van der Waals surface area contributed by atoms with Crippen LogP contribution in [0.5, 0.6) is 0 Å². The zero-order valence-corrected chi connectivity index (χ0v) is 15.2. The molecule has 2 atom stereocenters. The molecule has 0 radical (unpaired) electrons. The molecule has 2 aromatic rings. The van der Waals surface area contributed by atoms with Crippen molar-refractivity contribution in [3.05, 3.63) is 36.0 Å². The van der Waals surface area contributed by atoms with Crippen LogP contribution < -0.4 is 5.32 Å². The van der Waals surface area contributed by atoms with Crippen LogP contribution >= 0.6 is 0 Å². The maximum atomic E-state index is 12.4. The van der Waals surface area contributed by atoms with Crippen molar-refractivity contribution in [1.29, 1.82) is 0 Å². The number of fused-ring (bicyclic) bond motifs is 1. The van der Waals surface area contributed by atoms with Gasteiger partial charge in [0.05, 0.1) is 12.1 Å². The third-order valence-corrected chi connectivity index (χ3v) is 5.55. The van der Waals surface area contributed by atoms with Gasteiger partial charge in [0.15, 0.2) is 0 Å². The largest absolute Gasteiger partial charge is 0.393 e. The average Bonchev–Trinajstić information content (AvgIpc) is 3.04. The number of nitrogens with one attached hydrogen (secondary N) is 2. The predicted molar refractivity (Wildman–Crippen MR) is 100 cm³/mol. The molecule has 25 heavy (non-hydrogen) atoms. The van der Waals surface area contributed by atoms with Gasteiger partial charge in [0.2, 0.25) is 5.91 Å². The highest BCUT2D eigenvalue weighted by molar-refractivity contribution is 5.83. The van der Waals surface area contributed by atoms with Gasteiger partial charge in [0.1, 0.15) is 0 Å². The van der Waals surface area contributed by atoms with Crippen molar-refractivity contribution in [1.82, 2.24) is 15.2 Å². The van der Waals surface area contributed by atoms with Gasteiger partial charge in [-0.05, 0) is 63.7 Å². The predicted octanol–water partition coefficient (Wildman–Crippen LogP) is 2.31. The first-order valence-electron chi connectivity index (χ1n) is 9.31. The van der Waals surface area contributed by atoms with E-state index in [0.717, 1.165) is 37.9 Å². The van der Waals surface area contributed by atoms with E-state index in [0.29, 0.717) is 12.5 Å². The van der Waals surface area contributed by atoms with E-state index in [2.05, 4.69) is 27.3 Å². The fourth-order valence-electron chi connectivity index (χ4n) is 3.76. The summed E-state index contributed by atoms with van der Waals surface area (Å²) >= 11 is 0. The Morgan fingerprint density at radius 3 is 2.76 bits per heavy atom. The molecule has 3 N–H and O–H groups in total. The van der Waals surface area contributed by atoms with Gasteiger partial charge >= 0.3 is 0 Å². The molecule has 3 rings (SSSR count). The van der Waals surface area contributed by atoms with Gasteiger partial charge in [-0.3, -0.25) is 9.69 Å². The lowest BCUT2D eigenvalue weighted by molar-refractivity contribution is -0.126. The van der Waals surface area contributed by atoms with E-state index in [4.69, 9.17) is 0 Å². The highest BCUT2D eigenvalue weighted by Crippen LogP contribution is 2.22. The fraction of sp³-hybridized carbons (Fsp3) is 0.550. The molecule has 5 heteroatoms. The van der Waals surface area contributed by atoms with E-state index in [1.54, 1.807) is 0 Å². The average molecular weight is 343 g/mol. The Bertz CT molecular complexity index is 702. The number of para-hydroxylation sites is 1. The van der Waals surface area contributed by atoms with Gasteiger partial charge in [-0.1, -0.05) is 18.2 Å². The molecule has 0 saturated carbocycles. The number of aromatic amines is 1. The molecule has 1 aliphatic heterocycles. The summed E-state index contributed by atoms with van der Waals surface area (Å²) in [7, 11) is 0. The lowest BCUT2D eigenvalue weighted by Crippen LogP contribution is -2.49. The third-order valence-electron chi connectivity index (χ3n) is 5.55. The van der Waals surface area contributed by atoms with Gasteiger partial charge < -0.3 is 15.4 Å². The molecular weight excluding hydrogens is 314 g/mol. The molecule has 1 aliphatic rings. The number of benzene rings is 1. The maximum absolute atomic E-state index is 12.4. The molecule has 1 aromatic carbocycles. The summed E-state index contributed by atoms with van der Waals surface area (Å²) in [6.45, 7) is 6.25. The minimum Gasteiger partial charge on any atom is -0.393 e. The van der Waals surface area contributed by atoms with E-state index in [1.807, 2.05) is 32.2 Å². The second kappa shape index (κ2) is 8.02. The summed E-state index contributed by atoms with van der Waals surface area (Å²) in [4.78, 5) is 17.9. The maximum Gasteiger partial charge on any atom is 0.237 e. The van der Waals surface area contributed by atoms with E-state index >= 15 is 0 Å². The van der Waals surface area contributed by atoms with Crippen LogP contribution in [0, 0.1) is 5.92 Å². The van der Waals surface area contributed by atoms with Gasteiger partial charge in [-0.15, -0.1) is 0 Å². The van der Waals surface area contributed by atoms with Crippen LogP contribution in [0.1, 0.15) is 32.3 Å². The number of amides is 1. The topological polar surface area (TPSA) is 68.4 Å². The monoisotopic (exact) mass is 343 g/mol. The molecule has 2 heterocycles. The van der Waals surface area contributed by atoms with Crippen LogP contribution in [-0.4, -0.2) is 52.7 Å². The standard InChI is InChI=1S/C20H29N3O2/c1-14(23-11-8-16(9-12-23)15(2)24)20(25)21-10-7-17-13-22-19-6-4-3-5-18(17)19/h3-6,13-16,22,24H,7-12H2,1-2H3,(H,21,25). The normalized spacial score (nSPS) is 19.0. The van der Waals surface area contributed by atoms with Crippen molar-refractivity contribution in [2.75, 3.05) is 19.6 Å². The number of hydrogen-bond donors (Lipinski definition) is 3. The Morgan fingerprint density at radius 1 is 1.32 bits per heavy atom. The van der Waals surface area contributed by atoms with E-state index in [9.17, 15) is 9.90 Å². The second-order valence-electron chi connectivity index (χ2n) is 7.19. The smallest absolute Gasteiger partial charge is 0.237 e. The number of carbonyl (C=O) groups excluding carboxylic acids is 1. The molecule has 5 nitrogen and oxygen atoms in total. The van der Waals surface area contributed by atoms with Gasteiger partial charge in [-0.2, -0.15) is 0 Å². The van der Waals surface area contributed by atoms with Crippen molar-refractivity contribution in [2.24, 2.45) is 5.92 Å². The number of rotatable bonds is 6. The summed E-state index contributed by atoms with van der Waals surface area (Å²) in [6.07, 6.45) is 4.53. The number of likely N-dealkylation sites (tertiary alicyclic amines) is 1. The van der Waals surface area contributed by atoms with E-state index < -0.39 is 0 Å². The van der Waals surface area contributed by atoms with Gasteiger partial charge in [-0.25, -0.2) is 0 Å². The number of aromatic nitrogens is 1. The third kappa shape index (κ3) is 4.22. The summed E-state index contributed by atoms with van der Waals surface area (Å²) in [5.41, 5.74) is 2.37. The van der Waals surface area contributed by atoms with Crippen LogP contribution in [-0.2, 0) is 11.2 Å². The van der Waals surface area contributed by atoms with Crippen molar-refractivity contribution in [3.8, 4) is 0 Å². The van der Waals surface area contributed by atoms with Crippen LogP contribution in [0.3, 0.4) is 0 Å². The quantitative estimate of drug-likeness (QED) is 0.754. The number of H-pyrrole nitrogens is 1. The lowest BCUT2D eigenvalue weighted by Gasteiger charge is -2.36. The number of carbonyl (C=O) groups is 1. The van der Waals surface area contributed by atoms with E-state index in [1.165, 1.54) is 10.9 Å². The number of aliphatic hydroxyl groups excluding tert-OH is 1. The van der Waals surface area contributed by atoms with Crippen LogP contribution in [0.25, 0.3) is 10.9 Å². The number of aliphatic hydroxyl groups is 1. The Labute approximate surface area is 149 Å². The second-order valence-corrected chi connectivity index (χ2v) is 7.19. The SMILES string of the molecule is CC(O)C1CCN(C(C)C(=O)NCCc2c[nH]c3ccccc23)CC1. The van der Waals surface area contributed by atoms with Crippen molar-refractivity contribution >= 4 is 16.8 Å². The highest BCUT2D eigenvalue weighted by atomic mass is 16.3. The number of hydrogen-bond acceptors (Lipinski definition) is 3. The Balaban J connectivity index is 1.46. The van der Waals surface area contributed by atoms with Crippen molar-refractivity contribution in [3.63, 3.8) is 0 Å². The first kappa shape index (κ1) is 18.0. The summed E-state index contributed by atoms with van der Waals surface area (Å²) in [5, 5.41) is 14.0. The van der Waals surface area contributed by atoms with Crippen LogP contribution in [0.2, 0.25) is 0 Å². The zero-order valence-electron chi connectivity index (χ0n) is 15.2. The van der Waals surface area contributed by atoms with E-state index in [-0.39, 0.29) is 18.1 Å². The van der Waals surface area contributed by atoms with Gasteiger partial charge in [0, 0.05) is 23.6 Å². The fourth-order valence-corrected chi connectivity index (χ4v) is 3.76. The molecule has 2 unspecified atom stereocenters. The molecule has 0 bridgehead atoms. The number of nitrogens with zero attached hydrogens (tertiary/aromatic N) is 1. The van der Waals surface area contributed by atoms with Crippen molar-refractivity contribution in [2.45, 2.75) is 45.3 Å². The molecule has 1 saturated heterocycles. The van der Waals surface area contributed by atoms with Crippen LogP contribution in [0.15, 0.2) is 30.5 Å². The Hall–Kier alpha value is -1.85. The lowest BCUT2D eigenvalue weighted by atomic mass is 9.91. The Kier molecular flexibility index (Phi) is 5.76. The number of piperidine rings is 1. The summed E-state index contributed by atoms with van der Waals surface area (Å²) < 4.78 is 0. The zero-order chi connectivity index (χ0) is 17.8. The minimum absolute atomic E-state index is 0.0929. The molecule has 1 amide bonds. The molecule has 0 spiro atoms. The molecular formula is C20H29N3O2. The first-order valence-corrected chi connectivity index (χ1v) is 9.31. The minimum atomic E-state index is -0.248.